The molecule has 0 aliphatic carbocycles. The fourth-order valence-electron chi connectivity index (χ4n) is 2.70. The number of amides is 1. The van der Waals surface area contributed by atoms with E-state index in [1.54, 1.807) is 0 Å². The topological polar surface area (TPSA) is 23.6 Å². The summed E-state index contributed by atoms with van der Waals surface area (Å²) >= 11 is 0. The summed E-state index contributed by atoms with van der Waals surface area (Å²) in [6.45, 7) is 2.15. The Morgan fingerprint density at radius 1 is 1.29 bits per heavy atom. The number of likely N-dealkylation sites (tertiary alicyclic amines) is 1. The number of halogens is 3. The molecule has 1 amide bonds. The van der Waals surface area contributed by atoms with Crippen LogP contribution in [-0.2, 0) is 11.3 Å². The van der Waals surface area contributed by atoms with Crippen molar-refractivity contribution in [3.05, 3.63) is 35.9 Å². The Bertz CT molecular complexity index is 476. The van der Waals surface area contributed by atoms with Crippen LogP contribution < -0.4 is 0 Å². The number of nitrogens with zero attached hydrogens (tertiary/aromatic N) is 2. The summed E-state index contributed by atoms with van der Waals surface area (Å²) in [5, 5.41) is 0. The molecule has 1 aromatic carbocycles. The van der Waals surface area contributed by atoms with Gasteiger partial charge in [-0.05, 0) is 18.5 Å². The van der Waals surface area contributed by atoms with Gasteiger partial charge in [-0.2, -0.15) is 13.2 Å². The SMILES string of the molecule is CCN(Cc1ccccc1)C1CCN(CC(F)(F)F)C1=O. The number of hydrogen-bond donors (Lipinski definition) is 0. The van der Waals surface area contributed by atoms with E-state index in [1.807, 2.05) is 42.2 Å². The second kappa shape index (κ2) is 6.47. The molecule has 1 aliphatic rings. The quantitative estimate of drug-likeness (QED) is 0.834. The maximum atomic E-state index is 12.4. The van der Waals surface area contributed by atoms with Crippen molar-refractivity contribution >= 4 is 5.91 Å². The van der Waals surface area contributed by atoms with Gasteiger partial charge in [0.15, 0.2) is 0 Å². The van der Waals surface area contributed by atoms with Crippen LogP contribution in [0.25, 0.3) is 0 Å². The Morgan fingerprint density at radius 2 is 1.95 bits per heavy atom. The zero-order chi connectivity index (χ0) is 15.5. The van der Waals surface area contributed by atoms with Gasteiger partial charge in [0.2, 0.25) is 5.91 Å². The third-order valence-corrected chi connectivity index (χ3v) is 3.71. The molecule has 1 aromatic rings. The molecule has 1 heterocycles. The van der Waals surface area contributed by atoms with Gasteiger partial charge in [0, 0.05) is 13.1 Å². The summed E-state index contributed by atoms with van der Waals surface area (Å²) in [5.41, 5.74) is 1.06. The monoisotopic (exact) mass is 300 g/mol. The molecule has 1 atom stereocenters. The Labute approximate surface area is 122 Å². The van der Waals surface area contributed by atoms with Gasteiger partial charge in [0.25, 0.3) is 0 Å². The third kappa shape index (κ3) is 4.20. The molecule has 0 bridgehead atoms. The molecule has 21 heavy (non-hydrogen) atoms. The summed E-state index contributed by atoms with van der Waals surface area (Å²) in [6.07, 6.45) is -3.88. The highest BCUT2D eigenvalue weighted by atomic mass is 19.4. The molecule has 116 valence electrons. The third-order valence-electron chi connectivity index (χ3n) is 3.71. The van der Waals surface area contributed by atoms with E-state index in [4.69, 9.17) is 0 Å². The minimum atomic E-state index is -4.33. The average Bonchev–Trinajstić information content (AvgIpc) is 2.77. The number of benzene rings is 1. The molecule has 0 radical (unpaired) electrons. The molecule has 1 fully saturated rings. The molecule has 2 rings (SSSR count). The van der Waals surface area contributed by atoms with Gasteiger partial charge >= 0.3 is 6.18 Å². The highest BCUT2D eigenvalue weighted by molar-refractivity contribution is 5.84. The first-order chi connectivity index (χ1) is 9.90. The van der Waals surface area contributed by atoms with Crippen molar-refractivity contribution < 1.29 is 18.0 Å². The van der Waals surface area contributed by atoms with Gasteiger partial charge in [0.1, 0.15) is 6.54 Å². The first kappa shape index (κ1) is 15.8. The van der Waals surface area contributed by atoms with Crippen molar-refractivity contribution in [2.75, 3.05) is 19.6 Å². The van der Waals surface area contributed by atoms with E-state index in [2.05, 4.69) is 0 Å². The second-order valence-corrected chi connectivity index (χ2v) is 5.23. The minimum Gasteiger partial charge on any atom is -0.332 e. The fraction of sp³-hybridized carbons (Fsp3) is 0.533. The predicted octanol–water partition coefficient (Wildman–Crippen LogP) is 2.67. The van der Waals surface area contributed by atoms with Crippen LogP contribution in [0, 0.1) is 0 Å². The molecular formula is C15H19F3N2O. The van der Waals surface area contributed by atoms with Crippen molar-refractivity contribution in [2.45, 2.75) is 32.1 Å². The van der Waals surface area contributed by atoms with Crippen LogP contribution in [0.15, 0.2) is 30.3 Å². The van der Waals surface area contributed by atoms with E-state index in [9.17, 15) is 18.0 Å². The molecule has 0 saturated carbocycles. The van der Waals surface area contributed by atoms with E-state index in [1.165, 1.54) is 0 Å². The zero-order valence-corrected chi connectivity index (χ0v) is 11.9. The first-order valence-electron chi connectivity index (χ1n) is 7.04. The zero-order valence-electron chi connectivity index (χ0n) is 11.9. The number of hydrogen-bond acceptors (Lipinski definition) is 2. The van der Waals surface area contributed by atoms with Gasteiger partial charge in [-0.1, -0.05) is 37.3 Å². The van der Waals surface area contributed by atoms with Crippen LogP contribution in [0.3, 0.4) is 0 Å². The molecular weight excluding hydrogens is 281 g/mol. The van der Waals surface area contributed by atoms with Gasteiger partial charge < -0.3 is 4.90 Å². The minimum absolute atomic E-state index is 0.175. The smallest absolute Gasteiger partial charge is 0.332 e. The molecule has 0 aromatic heterocycles. The summed E-state index contributed by atoms with van der Waals surface area (Å²) in [4.78, 5) is 15.0. The number of rotatable bonds is 5. The van der Waals surface area contributed by atoms with Gasteiger partial charge in [-0.25, -0.2) is 0 Å². The Morgan fingerprint density at radius 3 is 2.52 bits per heavy atom. The normalized spacial score (nSPS) is 19.6. The predicted molar refractivity (Wildman–Crippen MR) is 73.6 cm³/mol. The van der Waals surface area contributed by atoms with Crippen molar-refractivity contribution in [3.63, 3.8) is 0 Å². The van der Waals surface area contributed by atoms with Crippen LogP contribution in [0.4, 0.5) is 13.2 Å². The molecule has 1 aliphatic heterocycles. The highest BCUT2D eigenvalue weighted by Gasteiger charge is 2.41. The van der Waals surface area contributed by atoms with Crippen LogP contribution in [0.5, 0.6) is 0 Å². The molecule has 3 nitrogen and oxygen atoms in total. The summed E-state index contributed by atoms with van der Waals surface area (Å²) in [7, 11) is 0. The van der Waals surface area contributed by atoms with E-state index >= 15 is 0 Å². The molecule has 0 spiro atoms. The average molecular weight is 300 g/mol. The van der Waals surface area contributed by atoms with E-state index < -0.39 is 24.7 Å². The Kier molecular flexibility index (Phi) is 4.88. The summed E-state index contributed by atoms with van der Waals surface area (Å²) in [5.74, 6) is -0.412. The fourth-order valence-corrected chi connectivity index (χ4v) is 2.70. The first-order valence-corrected chi connectivity index (χ1v) is 7.04. The molecule has 6 heteroatoms. The number of alkyl halides is 3. The van der Waals surface area contributed by atoms with Crippen molar-refractivity contribution in [3.8, 4) is 0 Å². The van der Waals surface area contributed by atoms with Crippen LogP contribution in [0.1, 0.15) is 18.9 Å². The van der Waals surface area contributed by atoms with Crippen molar-refractivity contribution in [1.29, 1.82) is 0 Å². The van der Waals surface area contributed by atoms with Crippen molar-refractivity contribution in [2.24, 2.45) is 0 Å². The molecule has 1 unspecified atom stereocenters. The Balaban J connectivity index is 2.01. The molecule has 1 saturated heterocycles. The van der Waals surface area contributed by atoms with E-state index in [0.717, 1.165) is 10.5 Å². The lowest BCUT2D eigenvalue weighted by atomic mass is 10.1. The second-order valence-electron chi connectivity index (χ2n) is 5.23. The van der Waals surface area contributed by atoms with Crippen LogP contribution >= 0.6 is 0 Å². The lowest BCUT2D eigenvalue weighted by Crippen LogP contribution is -2.43. The van der Waals surface area contributed by atoms with Gasteiger partial charge in [-0.15, -0.1) is 0 Å². The maximum absolute atomic E-state index is 12.4. The van der Waals surface area contributed by atoms with E-state index in [-0.39, 0.29) is 6.54 Å². The lowest BCUT2D eigenvalue weighted by Gasteiger charge is -2.27. The van der Waals surface area contributed by atoms with Crippen LogP contribution in [0.2, 0.25) is 0 Å². The Hall–Kier alpha value is -1.56. The maximum Gasteiger partial charge on any atom is 0.406 e. The van der Waals surface area contributed by atoms with Crippen molar-refractivity contribution in [1.82, 2.24) is 9.80 Å². The van der Waals surface area contributed by atoms with Crippen LogP contribution in [-0.4, -0.2) is 47.6 Å². The lowest BCUT2D eigenvalue weighted by molar-refractivity contribution is -0.159. The summed E-state index contributed by atoms with van der Waals surface area (Å²) < 4.78 is 37.3. The molecule has 0 N–H and O–H groups in total. The standard InChI is InChI=1S/C15H19F3N2O/c1-2-19(10-12-6-4-3-5-7-12)13-8-9-20(14(13)21)11-15(16,17)18/h3-7,13H,2,8-11H2,1H3. The number of likely N-dealkylation sites (N-methyl/N-ethyl adjacent to an activating group) is 1. The number of carbonyl (C=O) groups is 1. The highest BCUT2D eigenvalue weighted by Crippen LogP contribution is 2.24. The van der Waals surface area contributed by atoms with Gasteiger partial charge in [0.05, 0.1) is 6.04 Å². The van der Waals surface area contributed by atoms with Gasteiger partial charge in [-0.3, -0.25) is 9.69 Å². The number of carbonyl (C=O) groups excluding carboxylic acids is 1. The summed E-state index contributed by atoms with van der Waals surface area (Å²) in [6, 6.07) is 9.19. The van der Waals surface area contributed by atoms with E-state index in [0.29, 0.717) is 19.5 Å². The largest absolute Gasteiger partial charge is 0.406 e.